The molecule has 2 aliphatic rings. The van der Waals surface area contributed by atoms with E-state index in [1.54, 1.807) is 7.11 Å². The first-order chi connectivity index (χ1) is 32.2. The van der Waals surface area contributed by atoms with Crippen LogP contribution in [-0.2, 0) is 78.6 Å². The van der Waals surface area contributed by atoms with E-state index in [0.29, 0.717) is 5.75 Å². The van der Waals surface area contributed by atoms with E-state index in [-0.39, 0.29) is 46.2 Å². The summed E-state index contributed by atoms with van der Waals surface area (Å²) in [7, 11) is 1.59. The topological polar surface area (TPSA) is 207 Å². The minimum absolute atomic E-state index is 0.0127. The highest BCUT2D eigenvalue weighted by atomic mass is 16.7. The zero-order valence-electron chi connectivity index (χ0n) is 37.2. The number of nitrogens with zero attached hydrogens (tertiary/aromatic N) is 3. The maximum atomic E-state index is 12.8. The molecule has 2 aliphatic heterocycles. The zero-order valence-corrected chi connectivity index (χ0v) is 37.2. The van der Waals surface area contributed by atoms with Crippen molar-refractivity contribution in [3.63, 3.8) is 0 Å². The van der Waals surface area contributed by atoms with Crippen molar-refractivity contribution in [2.24, 2.45) is 5.11 Å². The molecule has 2 N–H and O–H groups in total. The minimum atomic E-state index is -1.42. The van der Waals surface area contributed by atoms with Crippen LogP contribution in [0.15, 0.2) is 133 Å². The van der Waals surface area contributed by atoms with Crippen molar-refractivity contribution in [3.05, 3.63) is 161 Å². The van der Waals surface area contributed by atoms with Crippen molar-refractivity contribution in [3.8, 4) is 5.75 Å². The molecule has 1 amide bonds. The summed E-state index contributed by atoms with van der Waals surface area (Å²) >= 11 is 0. The molecule has 2 fully saturated rings. The number of hydrogen-bond donors (Lipinski definition) is 2. The molecule has 0 aromatic heterocycles. The quantitative estimate of drug-likeness (QED) is 0.0308. The van der Waals surface area contributed by atoms with Crippen LogP contribution in [0.25, 0.3) is 10.4 Å². The monoisotopic (exact) mass is 910 g/mol. The molecular weight excluding hydrogens is 853 g/mol. The molecule has 0 saturated carbocycles. The second kappa shape index (κ2) is 25.9. The van der Waals surface area contributed by atoms with E-state index in [1.165, 1.54) is 19.9 Å². The van der Waals surface area contributed by atoms with E-state index in [9.17, 15) is 20.2 Å². The lowest BCUT2D eigenvalue weighted by molar-refractivity contribution is -0.342. The molecule has 17 nitrogen and oxygen atoms in total. The average molecular weight is 911 g/mol. The predicted octanol–water partition coefficient (Wildman–Crippen LogP) is 6.68. The van der Waals surface area contributed by atoms with Gasteiger partial charge in [0.15, 0.2) is 18.7 Å². The lowest BCUT2D eigenvalue weighted by Gasteiger charge is -2.50. The molecule has 0 aliphatic carbocycles. The number of methoxy groups -OCH3 is 1. The maximum absolute atomic E-state index is 12.8. The Kier molecular flexibility index (Phi) is 19.5. The summed E-state index contributed by atoms with van der Waals surface area (Å²) in [6, 6.07) is 33.6. The largest absolute Gasteiger partial charge is 0.497 e. The number of carbonyl (C=O) groups excluding carboxylic acids is 1. The molecule has 352 valence electrons. The number of azide groups is 1. The van der Waals surface area contributed by atoms with Gasteiger partial charge in [0.05, 0.1) is 53.4 Å². The van der Waals surface area contributed by atoms with Crippen molar-refractivity contribution < 1.29 is 62.1 Å². The summed E-state index contributed by atoms with van der Waals surface area (Å²) in [5.41, 5.74) is 13.7. The van der Waals surface area contributed by atoms with Gasteiger partial charge in [0.2, 0.25) is 5.91 Å². The Morgan fingerprint density at radius 3 is 1.77 bits per heavy atom. The van der Waals surface area contributed by atoms with Crippen LogP contribution in [0.3, 0.4) is 0 Å². The van der Waals surface area contributed by atoms with Gasteiger partial charge in [-0.1, -0.05) is 114 Å². The number of aliphatic carboxylic acids is 1. The molecule has 17 heteroatoms. The second-order valence-electron chi connectivity index (χ2n) is 15.7. The summed E-state index contributed by atoms with van der Waals surface area (Å²) in [6.07, 6.45) is -8.91. The molecule has 2 heterocycles. The molecule has 0 unspecified atom stereocenters. The number of carboxylic acid groups (broad SMARTS) is 1. The highest BCUT2D eigenvalue weighted by molar-refractivity contribution is 5.73. The molecule has 11 atom stereocenters. The fraction of sp³-hybridized carbons (Fsp3) is 0.429. The fourth-order valence-corrected chi connectivity index (χ4v) is 7.63. The van der Waals surface area contributed by atoms with Crippen LogP contribution in [-0.4, -0.2) is 111 Å². The second-order valence-corrected chi connectivity index (χ2v) is 15.7. The Balaban J connectivity index is 1.40. The smallest absolute Gasteiger partial charge is 0.332 e. The molecule has 4 aromatic carbocycles. The van der Waals surface area contributed by atoms with Crippen molar-refractivity contribution in [2.45, 2.75) is 108 Å². The highest BCUT2D eigenvalue weighted by Crippen LogP contribution is 2.36. The third-order valence-electron chi connectivity index (χ3n) is 10.9. The lowest BCUT2D eigenvalue weighted by atomic mass is 9.94. The highest BCUT2D eigenvalue weighted by Gasteiger charge is 2.54. The van der Waals surface area contributed by atoms with Gasteiger partial charge in [-0.25, -0.2) is 4.79 Å². The molecule has 2 saturated heterocycles. The summed E-state index contributed by atoms with van der Waals surface area (Å²) in [5, 5.41) is 17.2. The molecule has 0 radical (unpaired) electrons. The standard InChI is InChI=1S/C49H58N4O13/c1-5-25-60-48-41(51-33(3)54)46(63-32(2)47(55)56)44(40(64-48)31-59-27-35-17-11-7-12-18-35)66-49-42(52-53-50)45(62-28-36-19-13-8-14-20-36)43(61-29-37-21-23-38(57-4)24-22-37)39(65-49)30-58-26-34-15-9-6-10-16-34/h5-24,32,39-46,48-49H,1,25-31H2,2-4H3,(H,51,54)(H,55,56)/t32-,39-,40-,41-,42-,43-,44-,45-,46-,48+,49+/m1/s1. The zero-order chi connectivity index (χ0) is 46.7. The normalized spacial score (nSPS) is 25.5. The third-order valence-corrected chi connectivity index (χ3v) is 10.9. The van der Waals surface area contributed by atoms with Gasteiger partial charge >= 0.3 is 5.97 Å². The number of carbonyl (C=O) groups is 2. The Labute approximate surface area is 384 Å². The number of amides is 1. The number of hydrogen-bond acceptors (Lipinski definition) is 13. The molecule has 66 heavy (non-hydrogen) atoms. The first-order valence-electron chi connectivity index (χ1n) is 21.7. The van der Waals surface area contributed by atoms with E-state index in [0.717, 1.165) is 22.3 Å². The first kappa shape index (κ1) is 49.7. The van der Waals surface area contributed by atoms with Crippen LogP contribution in [0.5, 0.6) is 5.75 Å². The summed E-state index contributed by atoms with van der Waals surface area (Å²) in [4.78, 5) is 28.5. The Hall–Kier alpha value is -5.69. The van der Waals surface area contributed by atoms with E-state index in [1.807, 2.05) is 115 Å². The van der Waals surface area contributed by atoms with Crippen LogP contribution in [0, 0.1) is 0 Å². The molecule has 6 rings (SSSR count). The Morgan fingerprint density at radius 1 is 0.742 bits per heavy atom. The average Bonchev–Trinajstić information content (AvgIpc) is 3.33. The van der Waals surface area contributed by atoms with Crippen LogP contribution < -0.4 is 10.1 Å². The van der Waals surface area contributed by atoms with Crippen LogP contribution >= 0.6 is 0 Å². The van der Waals surface area contributed by atoms with Gasteiger partial charge < -0.3 is 57.8 Å². The number of ether oxygens (including phenoxy) is 10. The van der Waals surface area contributed by atoms with Gasteiger partial charge in [-0.05, 0) is 46.8 Å². The van der Waals surface area contributed by atoms with E-state index < -0.39 is 79.3 Å². The van der Waals surface area contributed by atoms with Gasteiger partial charge in [0.25, 0.3) is 0 Å². The van der Waals surface area contributed by atoms with Gasteiger partial charge in [0.1, 0.15) is 54.5 Å². The number of carboxylic acids is 1. The maximum Gasteiger partial charge on any atom is 0.332 e. The van der Waals surface area contributed by atoms with E-state index >= 15 is 0 Å². The summed E-state index contributed by atoms with van der Waals surface area (Å²) < 4.78 is 63.9. The Morgan fingerprint density at radius 2 is 1.26 bits per heavy atom. The van der Waals surface area contributed by atoms with Crippen LogP contribution in [0.2, 0.25) is 0 Å². The molecule has 4 aromatic rings. The van der Waals surface area contributed by atoms with Crippen LogP contribution in [0.4, 0.5) is 0 Å². The number of rotatable bonds is 25. The fourth-order valence-electron chi connectivity index (χ4n) is 7.63. The predicted molar refractivity (Wildman–Crippen MR) is 240 cm³/mol. The summed E-state index contributed by atoms with van der Waals surface area (Å²) in [6.45, 7) is 6.90. The number of benzene rings is 4. The van der Waals surface area contributed by atoms with Crippen molar-refractivity contribution in [1.82, 2.24) is 5.32 Å². The van der Waals surface area contributed by atoms with Gasteiger partial charge in [-0.3, -0.25) is 4.79 Å². The molecule has 0 bridgehead atoms. The lowest BCUT2D eigenvalue weighted by Crippen LogP contribution is -2.68. The Bertz CT molecular complexity index is 2130. The van der Waals surface area contributed by atoms with Gasteiger partial charge in [0, 0.05) is 11.8 Å². The van der Waals surface area contributed by atoms with E-state index in [4.69, 9.17) is 47.4 Å². The van der Waals surface area contributed by atoms with Crippen molar-refractivity contribution >= 4 is 11.9 Å². The van der Waals surface area contributed by atoms with Gasteiger partial charge in [-0.15, -0.1) is 6.58 Å². The van der Waals surface area contributed by atoms with Crippen LogP contribution in [0.1, 0.15) is 36.1 Å². The van der Waals surface area contributed by atoms with Gasteiger partial charge in [-0.2, -0.15) is 0 Å². The van der Waals surface area contributed by atoms with Crippen molar-refractivity contribution in [1.29, 1.82) is 0 Å². The SMILES string of the molecule is C=CCO[C@H]1O[C@H](COCc2ccccc2)[C@@H](O[C@@H]2O[C@H](COCc3ccccc3)[C@@H](OCc3ccc(OC)cc3)[C@H](OCc3ccccc3)[C@H]2N=[N+]=[N-])[C@H](O[C@H](C)C(=O)O)[C@H]1NC(C)=O. The molecule has 0 spiro atoms. The minimum Gasteiger partial charge on any atom is -0.497 e. The summed E-state index contributed by atoms with van der Waals surface area (Å²) in [5.74, 6) is -1.08. The molecular formula is C49H58N4O13. The third kappa shape index (κ3) is 14.4. The van der Waals surface area contributed by atoms with Crippen molar-refractivity contribution in [2.75, 3.05) is 26.9 Å². The first-order valence-corrected chi connectivity index (χ1v) is 21.7. The van der Waals surface area contributed by atoms with E-state index in [2.05, 4.69) is 21.9 Å². The number of nitrogens with one attached hydrogen (secondary N) is 1.